The lowest BCUT2D eigenvalue weighted by Crippen LogP contribution is -2.32. The molecule has 0 heterocycles. The molecule has 0 aliphatic heterocycles. The van der Waals surface area contributed by atoms with Gasteiger partial charge in [0.1, 0.15) is 6.04 Å². The first-order valence-corrected chi connectivity index (χ1v) is 3.82. The molecule has 0 aliphatic rings. The van der Waals surface area contributed by atoms with Crippen LogP contribution in [0.15, 0.2) is 0 Å². The minimum atomic E-state index is -0.707. The van der Waals surface area contributed by atoms with E-state index in [-0.39, 0.29) is 6.47 Å². The molecule has 5 nitrogen and oxygen atoms in total. The third-order valence-corrected chi connectivity index (χ3v) is 1.44. The van der Waals surface area contributed by atoms with Gasteiger partial charge in [0, 0.05) is 0 Å². The Bertz CT molecular complexity index is 150. The van der Waals surface area contributed by atoms with Gasteiger partial charge in [-0.2, -0.15) is 0 Å². The van der Waals surface area contributed by atoms with Crippen molar-refractivity contribution in [3.8, 4) is 0 Å². The molecule has 0 aliphatic carbocycles. The number of rotatable bonds is 6. The van der Waals surface area contributed by atoms with Crippen molar-refractivity contribution >= 4 is 12.4 Å². The van der Waals surface area contributed by atoms with E-state index >= 15 is 0 Å². The second-order valence-electron chi connectivity index (χ2n) is 2.42. The number of carbonyl (C=O) groups is 2. The van der Waals surface area contributed by atoms with Crippen LogP contribution >= 0.6 is 0 Å². The molecule has 1 unspecified atom stereocenters. The third kappa shape index (κ3) is 4.81. The summed E-state index contributed by atoms with van der Waals surface area (Å²) in [6, 6.07) is -0.707. The van der Waals surface area contributed by atoms with Crippen molar-refractivity contribution in [3.05, 3.63) is 0 Å². The SMILES string of the molecule is NCCCCC(N)C(=O)OC=O. The van der Waals surface area contributed by atoms with E-state index in [0.29, 0.717) is 13.0 Å². The predicted molar refractivity (Wildman–Crippen MR) is 43.0 cm³/mol. The maximum absolute atomic E-state index is 10.7. The number of nitrogens with two attached hydrogens (primary N) is 2. The maximum atomic E-state index is 10.7. The number of ether oxygens (including phenoxy) is 1. The third-order valence-electron chi connectivity index (χ3n) is 1.44. The molecule has 1 atom stereocenters. The standard InChI is InChI=1S/C7H14N2O3/c8-4-2-1-3-6(9)7(11)12-5-10/h5-6H,1-4,8-9H2. The molecule has 0 aromatic heterocycles. The number of hydrogen-bond donors (Lipinski definition) is 2. The highest BCUT2D eigenvalue weighted by Gasteiger charge is 2.13. The van der Waals surface area contributed by atoms with E-state index in [1.165, 1.54) is 0 Å². The molecule has 0 radical (unpaired) electrons. The van der Waals surface area contributed by atoms with Crippen LogP contribution < -0.4 is 11.5 Å². The number of esters is 1. The average Bonchev–Trinajstić information content (AvgIpc) is 2.05. The molecule has 70 valence electrons. The summed E-state index contributed by atoms with van der Waals surface area (Å²) in [5, 5.41) is 0. The second kappa shape index (κ2) is 6.75. The highest BCUT2D eigenvalue weighted by Crippen LogP contribution is 1.98. The van der Waals surface area contributed by atoms with Crippen molar-refractivity contribution in [2.45, 2.75) is 25.3 Å². The summed E-state index contributed by atoms with van der Waals surface area (Å²) in [7, 11) is 0. The van der Waals surface area contributed by atoms with Gasteiger partial charge in [-0.1, -0.05) is 6.42 Å². The summed E-state index contributed by atoms with van der Waals surface area (Å²) >= 11 is 0. The highest BCUT2D eigenvalue weighted by molar-refractivity contribution is 5.81. The van der Waals surface area contributed by atoms with E-state index < -0.39 is 12.0 Å². The minimum Gasteiger partial charge on any atom is -0.394 e. The normalized spacial score (nSPS) is 12.2. The van der Waals surface area contributed by atoms with Gasteiger partial charge in [0.15, 0.2) is 0 Å². The molecule has 0 saturated carbocycles. The van der Waals surface area contributed by atoms with Crippen molar-refractivity contribution in [2.75, 3.05) is 6.54 Å². The number of carbonyl (C=O) groups excluding carboxylic acids is 2. The van der Waals surface area contributed by atoms with Crippen LogP contribution in [0.1, 0.15) is 19.3 Å². The van der Waals surface area contributed by atoms with E-state index in [2.05, 4.69) is 4.74 Å². The van der Waals surface area contributed by atoms with Crippen LogP contribution in [0.5, 0.6) is 0 Å². The Morgan fingerprint density at radius 3 is 2.67 bits per heavy atom. The lowest BCUT2D eigenvalue weighted by molar-refractivity contribution is -0.152. The summed E-state index contributed by atoms with van der Waals surface area (Å²) in [6.45, 7) is 0.667. The monoisotopic (exact) mass is 174 g/mol. The Labute approximate surface area is 71.0 Å². The molecule has 0 fully saturated rings. The lowest BCUT2D eigenvalue weighted by Gasteiger charge is -2.06. The summed E-state index contributed by atoms with van der Waals surface area (Å²) in [5.74, 6) is -0.679. The van der Waals surface area contributed by atoms with E-state index in [9.17, 15) is 9.59 Å². The number of hydrogen-bond acceptors (Lipinski definition) is 5. The predicted octanol–water partition coefficient (Wildman–Crippen LogP) is -0.858. The zero-order chi connectivity index (χ0) is 9.40. The molecular formula is C7H14N2O3. The molecular weight excluding hydrogens is 160 g/mol. The van der Waals surface area contributed by atoms with Gasteiger partial charge in [-0.05, 0) is 19.4 Å². The molecule has 12 heavy (non-hydrogen) atoms. The molecule has 0 aromatic carbocycles. The summed E-state index contributed by atoms with van der Waals surface area (Å²) in [6.07, 6.45) is 2.09. The van der Waals surface area contributed by atoms with Crippen LogP contribution in [0.25, 0.3) is 0 Å². The van der Waals surface area contributed by atoms with Crippen LogP contribution in [-0.4, -0.2) is 25.0 Å². The van der Waals surface area contributed by atoms with E-state index in [0.717, 1.165) is 12.8 Å². The van der Waals surface area contributed by atoms with E-state index in [1.54, 1.807) is 0 Å². The molecule has 4 N–H and O–H groups in total. The largest absolute Gasteiger partial charge is 0.394 e. The van der Waals surface area contributed by atoms with Crippen molar-refractivity contribution < 1.29 is 14.3 Å². The molecule has 0 amide bonds. The smallest absolute Gasteiger partial charge is 0.330 e. The van der Waals surface area contributed by atoms with Gasteiger partial charge in [0.25, 0.3) is 0 Å². The fourth-order valence-corrected chi connectivity index (χ4v) is 0.761. The summed E-state index contributed by atoms with van der Waals surface area (Å²) in [4.78, 5) is 20.5. The van der Waals surface area contributed by atoms with Crippen molar-refractivity contribution in [1.82, 2.24) is 0 Å². The Hall–Kier alpha value is -0.940. The summed E-state index contributed by atoms with van der Waals surface area (Å²) < 4.78 is 4.06. The molecule has 0 saturated heterocycles. The van der Waals surface area contributed by atoms with Gasteiger partial charge in [-0.3, -0.25) is 4.79 Å². The van der Waals surface area contributed by atoms with Gasteiger partial charge >= 0.3 is 12.4 Å². The quantitative estimate of drug-likeness (QED) is 0.236. The first kappa shape index (κ1) is 11.1. The Morgan fingerprint density at radius 1 is 1.50 bits per heavy atom. The van der Waals surface area contributed by atoms with Crippen LogP contribution in [-0.2, 0) is 14.3 Å². The highest BCUT2D eigenvalue weighted by atomic mass is 16.6. The minimum absolute atomic E-state index is 0.0884. The van der Waals surface area contributed by atoms with Gasteiger partial charge in [-0.25, -0.2) is 4.79 Å². The van der Waals surface area contributed by atoms with E-state index in [1.807, 2.05) is 0 Å². The van der Waals surface area contributed by atoms with Crippen molar-refractivity contribution in [1.29, 1.82) is 0 Å². The fraction of sp³-hybridized carbons (Fsp3) is 0.714. The van der Waals surface area contributed by atoms with Crippen molar-refractivity contribution in [2.24, 2.45) is 11.5 Å². The topological polar surface area (TPSA) is 95.4 Å². The zero-order valence-electron chi connectivity index (χ0n) is 6.86. The first-order valence-electron chi connectivity index (χ1n) is 3.82. The average molecular weight is 174 g/mol. The maximum Gasteiger partial charge on any atom is 0.330 e. The molecule has 0 aromatic rings. The molecule has 5 heteroatoms. The van der Waals surface area contributed by atoms with Crippen LogP contribution in [0.3, 0.4) is 0 Å². The van der Waals surface area contributed by atoms with Crippen LogP contribution in [0.4, 0.5) is 0 Å². The van der Waals surface area contributed by atoms with Gasteiger partial charge in [0.2, 0.25) is 0 Å². The Morgan fingerprint density at radius 2 is 2.17 bits per heavy atom. The second-order valence-corrected chi connectivity index (χ2v) is 2.42. The lowest BCUT2D eigenvalue weighted by atomic mass is 10.1. The van der Waals surface area contributed by atoms with Gasteiger partial charge < -0.3 is 16.2 Å². The fourth-order valence-electron chi connectivity index (χ4n) is 0.761. The van der Waals surface area contributed by atoms with Crippen LogP contribution in [0, 0.1) is 0 Å². The van der Waals surface area contributed by atoms with Crippen LogP contribution in [0.2, 0.25) is 0 Å². The van der Waals surface area contributed by atoms with Gasteiger partial charge in [0.05, 0.1) is 0 Å². The summed E-state index contributed by atoms with van der Waals surface area (Å²) in [5.41, 5.74) is 10.6. The first-order chi connectivity index (χ1) is 5.72. The molecule has 0 rings (SSSR count). The van der Waals surface area contributed by atoms with Crippen molar-refractivity contribution in [3.63, 3.8) is 0 Å². The Balaban J connectivity index is 3.49. The Kier molecular flexibility index (Phi) is 6.22. The zero-order valence-corrected chi connectivity index (χ0v) is 6.86. The molecule has 0 spiro atoms. The van der Waals surface area contributed by atoms with Gasteiger partial charge in [-0.15, -0.1) is 0 Å². The number of unbranched alkanes of at least 4 members (excludes halogenated alkanes) is 1. The molecule has 0 bridgehead atoms. The van der Waals surface area contributed by atoms with E-state index in [4.69, 9.17) is 11.5 Å².